The second-order valence-electron chi connectivity index (χ2n) is 5.20. The zero-order valence-corrected chi connectivity index (χ0v) is 11.1. The van der Waals surface area contributed by atoms with Crippen molar-refractivity contribution in [3.8, 4) is 6.07 Å². The summed E-state index contributed by atoms with van der Waals surface area (Å²) < 4.78 is 4.94. The van der Waals surface area contributed by atoms with Gasteiger partial charge in [0.1, 0.15) is 0 Å². The lowest BCUT2D eigenvalue weighted by Gasteiger charge is -2.43. The molecule has 0 unspecified atom stereocenters. The van der Waals surface area contributed by atoms with Crippen molar-refractivity contribution in [1.29, 1.82) is 5.26 Å². The van der Waals surface area contributed by atoms with Gasteiger partial charge >= 0.3 is 0 Å². The van der Waals surface area contributed by atoms with E-state index in [1.807, 2.05) is 30.3 Å². The van der Waals surface area contributed by atoms with Crippen molar-refractivity contribution >= 4 is 0 Å². The lowest BCUT2D eigenvalue weighted by molar-refractivity contribution is 0.226. The number of nitriles is 1. The fourth-order valence-corrected chi connectivity index (χ4v) is 2.76. The molecule has 0 spiro atoms. The van der Waals surface area contributed by atoms with Crippen LogP contribution >= 0.6 is 0 Å². The summed E-state index contributed by atoms with van der Waals surface area (Å²) in [6, 6.07) is 12.9. The number of hydrogen-bond donors (Lipinski definition) is 1. The molecule has 5 heteroatoms. The summed E-state index contributed by atoms with van der Waals surface area (Å²) in [4.78, 5) is 3.98. The Morgan fingerprint density at radius 1 is 1.35 bits per heavy atom. The van der Waals surface area contributed by atoms with Crippen LogP contribution < -0.4 is 5.32 Å². The summed E-state index contributed by atoms with van der Waals surface area (Å²) >= 11 is 0. The predicted octanol–water partition coefficient (Wildman–Crippen LogP) is 1.83. The molecule has 1 aliphatic rings. The molecule has 0 radical (unpaired) electrons. The molecule has 20 heavy (non-hydrogen) atoms. The molecule has 1 aliphatic carbocycles. The van der Waals surface area contributed by atoms with Crippen molar-refractivity contribution in [2.45, 2.75) is 30.7 Å². The summed E-state index contributed by atoms with van der Waals surface area (Å²) in [6.45, 7) is 0.795. The lowest BCUT2D eigenvalue weighted by atomic mass is 9.62. The van der Waals surface area contributed by atoms with Crippen molar-refractivity contribution in [3.63, 3.8) is 0 Å². The monoisotopic (exact) mass is 268 g/mol. The SMILES string of the molecule is N#CC1(c2ccccc2)CC(NCCc2ncno2)C1. The molecular formula is C15H16N4O. The van der Waals surface area contributed by atoms with E-state index >= 15 is 0 Å². The van der Waals surface area contributed by atoms with Gasteiger partial charge in [0, 0.05) is 19.0 Å². The Bertz CT molecular complexity index is 582. The lowest BCUT2D eigenvalue weighted by Crippen LogP contribution is -2.51. The minimum atomic E-state index is -0.316. The minimum Gasteiger partial charge on any atom is -0.340 e. The van der Waals surface area contributed by atoms with E-state index in [2.05, 4.69) is 21.5 Å². The Balaban J connectivity index is 1.51. The van der Waals surface area contributed by atoms with Crippen LogP contribution in [-0.2, 0) is 11.8 Å². The van der Waals surface area contributed by atoms with E-state index in [0.717, 1.165) is 31.4 Å². The molecule has 0 bridgehead atoms. The van der Waals surface area contributed by atoms with Crippen LogP contribution in [0, 0.1) is 11.3 Å². The van der Waals surface area contributed by atoms with Gasteiger partial charge in [-0.05, 0) is 18.4 Å². The average Bonchev–Trinajstić information content (AvgIpc) is 2.96. The molecule has 3 rings (SSSR count). The third-order valence-corrected chi connectivity index (χ3v) is 3.91. The van der Waals surface area contributed by atoms with E-state index in [0.29, 0.717) is 11.9 Å². The summed E-state index contributed by atoms with van der Waals surface area (Å²) in [5, 5.41) is 16.5. The highest BCUT2D eigenvalue weighted by atomic mass is 16.5. The maximum atomic E-state index is 9.47. The highest BCUT2D eigenvalue weighted by Crippen LogP contribution is 2.43. The van der Waals surface area contributed by atoms with Crippen LogP contribution in [0.2, 0.25) is 0 Å². The van der Waals surface area contributed by atoms with Crippen LogP contribution in [0.15, 0.2) is 41.2 Å². The standard InChI is InChI=1S/C15H16N4O/c16-10-15(12-4-2-1-3-5-12)8-13(9-15)17-7-6-14-18-11-19-20-14/h1-5,11,13,17H,6-9H2. The summed E-state index contributed by atoms with van der Waals surface area (Å²) in [5.41, 5.74) is 0.807. The van der Waals surface area contributed by atoms with E-state index in [9.17, 15) is 5.26 Å². The maximum Gasteiger partial charge on any atom is 0.227 e. The zero-order valence-electron chi connectivity index (χ0n) is 11.1. The normalized spacial score (nSPS) is 24.9. The van der Waals surface area contributed by atoms with Gasteiger partial charge in [-0.25, -0.2) is 0 Å². The highest BCUT2D eigenvalue weighted by molar-refractivity contribution is 5.36. The van der Waals surface area contributed by atoms with Crippen molar-refractivity contribution in [3.05, 3.63) is 48.1 Å². The predicted molar refractivity (Wildman–Crippen MR) is 72.8 cm³/mol. The molecule has 1 fully saturated rings. The van der Waals surface area contributed by atoms with Crippen LogP contribution in [0.1, 0.15) is 24.3 Å². The van der Waals surface area contributed by atoms with E-state index < -0.39 is 0 Å². The molecule has 1 aromatic carbocycles. The van der Waals surface area contributed by atoms with Crippen LogP contribution in [-0.4, -0.2) is 22.7 Å². The first-order chi connectivity index (χ1) is 9.82. The topological polar surface area (TPSA) is 74.7 Å². The molecule has 0 saturated heterocycles. The van der Waals surface area contributed by atoms with Gasteiger partial charge in [0.05, 0.1) is 11.5 Å². The minimum absolute atomic E-state index is 0.316. The van der Waals surface area contributed by atoms with E-state index in [1.165, 1.54) is 6.33 Å². The zero-order chi connectivity index (χ0) is 13.8. The van der Waals surface area contributed by atoms with E-state index in [1.54, 1.807) is 0 Å². The Morgan fingerprint density at radius 3 is 2.80 bits per heavy atom. The summed E-state index contributed by atoms with van der Waals surface area (Å²) in [6.07, 6.45) is 3.85. The first-order valence-electron chi connectivity index (χ1n) is 6.78. The molecule has 2 aromatic rings. The van der Waals surface area contributed by atoms with Crippen LogP contribution in [0.4, 0.5) is 0 Å². The van der Waals surface area contributed by atoms with Crippen molar-refractivity contribution < 1.29 is 4.52 Å². The average molecular weight is 268 g/mol. The smallest absolute Gasteiger partial charge is 0.227 e. The molecule has 102 valence electrons. The number of nitrogens with zero attached hydrogens (tertiary/aromatic N) is 3. The third-order valence-electron chi connectivity index (χ3n) is 3.91. The molecular weight excluding hydrogens is 252 g/mol. The molecule has 1 aromatic heterocycles. The van der Waals surface area contributed by atoms with E-state index in [4.69, 9.17) is 4.52 Å². The van der Waals surface area contributed by atoms with E-state index in [-0.39, 0.29) is 5.41 Å². The Morgan fingerprint density at radius 2 is 2.15 bits per heavy atom. The quantitative estimate of drug-likeness (QED) is 0.895. The molecule has 5 nitrogen and oxygen atoms in total. The van der Waals surface area contributed by atoms with Gasteiger partial charge in [0.2, 0.25) is 5.89 Å². The van der Waals surface area contributed by atoms with Gasteiger partial charge in [-0.1, -0.05) is 35.5 Å². The highest BCUT2D eigenvalue weighted by Gasteiger charge is 2.45. The number of hydrogen-bond acceptors (Lipinski definition) is 5. The molecule has 1 heterocycles. The summed E-state index contributed by atoms with van der Waals surface area (Å²) in [7, 11) is 0. The van der Waals surface area contributed by atoms with Crippen molar-refractivity contribution in [1.82, 2.24) is 15.5 Å². The Labute approximate surface area is 117 Å². The van der Waals surface area contributed by atoms with Gasteiger partial charge < -0.3 is 9.84 Å². The Kier molecular flexibility index (Phi) is 3.48. The second-order valence-corrected chi connectivity index (χ2v) is 5.20. The molecule has 1 saturated carbocycles. The third kappa shape index (κ3) is 2.43. The molecule has 0 aliphatic heterocycles. The number of aromatic nitrogens is 2. The first-order valence-corrected chi connectivity index (χ1v) is 6.78. The first kappa shape index (κ1) is 12.8. The van der Waals surface area contributed by atoms with Crippen LogP contribution in [0.5, 0.6) is 0 Å². The fraction of sp³-hybridized carbons (Fsp3) is 0.400. The maximum absolute atomic E-state index is 9.47. The van der Waals surface area contributed by atoms with Gasteiger partial charge in [-0.2, -0.15) is 10.2 Å². The van der Waals surface area contributed by atoms with Gasteiger partial charge in [-0.3, -0.25) is 0 Å². The summed E-state index contributed by atoms with van der Waals surface area (Å²) in [5.74, 6) is 0.645. The molecule has 0 atom stereocenters. The molecule has 1 N–H and O–H groups in total. The Hall–Kier alpha value is -2.19. The second kappa shape index (κ2) is 5.43. The molecule has 0 amide bonds. The van der Waals surface area contributed by atoms with Crippen LogP contribution in [0.25, 0.3) is 0 Å². The van der Waals surface area contributed by atoms with Gasteiger partial charge in [0.25, 0.3) is 0 Å². The number of rotatable bonds is 5. The number of nitrogens with one attached hydrogen (secondary N) is 1. The van der Waals surface area contributed by atoms with Crippen molar-refractivity contribution in [2.75, 3.05) is 6.54 Å². The fourth-order valence-electron chi connectivity index (χ4n) is 2.76. The van der Waals surface area contributed by atoms with Crippen molar-refractivity contribution in [2.24, 2.45) is 0 Å². The largest absolute Gasteiger partial charge is 0.340 e. The van der Waals surface area contributed by atoms with Crippen LogP contribution in [0.3, 0.4) is 0 Å². The van der Waals surface area contributed by atoms with Gasteiger partial charge in [0.15, 0.2) is 6.33 Å². The number of benzene rings is 1. The van der Waals surface area contributed by atoms with Gasteiger partial charge in [-0.15, -0.1) is 0 Å².